The number of carbonyl (C=O) groups is 1. The van der Waals surface area contributed by atoms with Crippen molar-refractivity contribution in [1.82, 2.24) is 15.4 Å². The molecule has 5 heteroatoms. The summed E-state index contributed by atoms with van der Waals surface area (Å²) in [6, 6.07) is 0.678. The third-order valence-corrected chi connectivity index (χ3v) is 4.49. The highest BCUT2D eigenvalue weighted by Gasteiger charge is 2.22. The van der Waals surface area contributed by atoms with E-state index in [0.717, 1.165) is 13.0 Å². The minimum Gasteiger partial charge on any atom is -0.360 e. The first-order valence-corrected chi connectivity index (χ1v) is 8.49. The van der Waals surface area contributed by atoms with Crippen LogP contribution in [0.15, 0.2) is 4.52 Å². The maximum Gasteiger partial charge on any atom is 0.256 e. The predicted octanol–water partition coefficient (Wildman–Crippen LogP) is 3.10. The van der Waals surface area contributed by atoms with Crippen LogP contribution < -0.4 is 5.32 Å². The molecule has 1 saturated heterocycles. The van der Waals surface area contributed by atoms with E-state index in [1.165, 1.54) is 25.8 Å². The van der Waals surface area contributed by atoms with Gasteiger partial charge in [-0.15, -0.1) is 0 Å². The highest BCUT2D eigenvalue weighted by molar-refractivity contribution is 5.96. The molecule has 1 unspecified atom stereocenters. The molecule has 0 bridgehead atoms. The molecule has 1 aromatic heterocycles. The summed E-state index contributed by atoms with van der Waals surface area (Å²) in [4.78, 5) is 14.9. The smallest absolute Gasteiger partial charge is 0.256 e. The molecule has 1 aliphatic heterocycles. The number of hydrogen-bond donors (Lipinski definition) is 1. The van der Waals surface area contributed by atoms with E-state index in [4.69, 9.17) is 4.52 Å². The van der Waals surface area contributed by atoms with Gasteiger partial charge in [0.2, 0.25) is 0 Å². The molecule has 1 fully saturated rings. The van der Waals surface area contributed by atoms with Crippen molar-refractivity contribution in [1.29, 1.82) is 0 Å². The zero-order valence-electron chi connectivity index (χ0n) is 14.3. The van der Waals surface area contributed by atoms with Crippen LogP contribution in [0.2, 0.25) is 0 Å². The molecule has 2 rings (SSSR count). The number of aromatic nitrogens is 1. The van der Waals surface area contributed by atoms with Crippen LogP contribution in [0.3, 0.4) is 0 Å². The first kappa shape index (κ1) is 17.0. The summed E-state index contributed by atoms with van der Waals surface area (Å²) in [5, 5.41) is 6.94. The molecule has 0 aliphatic carbocycles. The average molecular weight is 307 g/mol. The van der Waals surface area contributed by atoms with E-state index in [2.05, 4.69) is 22.3 Å². The Kier molecular flexibility index (Phi) is 6.00. The van der Waals surface area contributed by atoms with Gasteiger partial charge in [0, 0.05) is 25.0 Å². The Hall–Kier alpha value is -1.36. The molecule has 0 aromatic carbocycles. The van der Waals surface area contributed by atoms with Crippen molar-refractivity contribution >= 4 is 5.91 Å². The summed E-state index contributed by atoms with van der Waals surface area (Å²) in [5.41, 5.74) is 1.28. The molecule has 1 aliphatic rings. The van der Waals surface area contributed by atoms with Gasteiger partial charge in [-0.1, -0.05) is 25.4 Å². The number of likely N-dealkylation sites (tertiary alicyclic amines) is 1. The van der Waals surface area contributed by atoms with Crippen LogP contribution in [0, 0.1) is 6.92 Å². The fraction of sp³-hybridized carbons (Fsp3) is 0.765. The van der Waals surface area contributed by atoms with Gasteiger partial charge >= 0.3 is 0 Å². The van der Waals surface area contributed by atoms with Crippen LogP contribution in [0.5, 0.6) is 0 Å². The number of hydrogen-bond acceptors (Lipinski definition) is 4. The third-order valence-electron chi connectivity index (χ3n) is 4.49. The van der Waals surface area contributed by atoms with Gasteiger partial charge < -0.3 is 14.7 Å². The van der Waals surface area contributed by atoms with Crippen LogP contribution in [0.25, 0.3) is 0 Å². The fourth-order valence-electron chi connectivity index (χ4n) is 3.12. The van der Waals surface area contributed by atoms with Crippen LogP contribution in [-0.2, 0) is 0 Å². The highest BCUT2D eigenvalue weighted by atomic mass is 16.5. The Morgan fingerprint density at radius 1 is 1.45 bits per heavy atom. The summed E-state index contributed by atoms with van der Waals surface area (Å²) >= 11 is 0. The van der Waals surface area contributed by atoms with Crippen molar-refractivity contribution in [2.45, 2.75) is 65.3 Å². The predicted molar refractivity (Wildman–Crippen MR) is 87.2 cm³/mol. The van der Waals surface area contributed by atoms with Crippen molar-refractivity contribution < 1.29 is 9.32 Å². The second kappa shape index (κ2) is 7.77. The molecule has 2 heterocycles. The van der Waals surface area contributed by atoms with E-state index in [1.54, 1.807) is 0 Å². The zero-order chi connectivity index (χ0) is 16.1. The molecule has 0 radical (unpaired) electrons. The topological polar surface area (TPSA) is 58.4 Å². The number of piperidine rings is 1. The summed E-state index contributed by atoms with van der Waals surface area (Å²) in [7, 11) is 0. The quantitative estimate of drug-likeness (QED) is 0.820. The number of nitrogens with zero attached hydrogens (tertiary/aromatic N) is 2. The monoisotopic (exact) mass is 307 g/mol. The molecule has 1 atom stereocenters. The van der Waals surface area contributed by atoms with E-state index in [1.807, 2.05) is 20.8 Å². The van der Waals surface area contributed by atoms with Gasteiger partial charge in [0.05, 0.1) is 5.69 Å². The summed E-state index contributed by atoms with van der Waals surface area (Å²) in [6.45, 7) is 11.1. The first-order valence-electron chi connectivity index (χ1n) is 8.49. The second-order valence-electron chi connectivity index (χ2n) is 6.65. The van der Waals surface area contributed by atoms with Gasteiger partial charge in [-0.2, -0.15) is 0 Å². The van der Waals surface area contributed by atoms with Gasteiger partial charge in [0.1, 0.15) is 5.56 Å². The van der Waals surface area contributed by atoms with Crippen molar-refractivity contribution in [3.8, 4) is 0 Å². The van der Waals surface area contributed by atoms with Crippen LogP contribution in [-0.4, -0.2) is 41.6 Å². The largest absolute Gasteiger partial charge is 0.360 e. The first-order chi connectivity index (χ1) is 10.5. The molecule has 1 N–H and O–H groups in total. The zero-order valence-corrected chi connectivity index (χ0v) is 14.3. The van der Waals surface area contributed by atoms with Crippen molar-refractivity contribution in [3.05, 3.63) is 17.0 Å². The lowest BCUT2D eigenvalue weighted by Crippen LogP contribution is -2.39. The van der Waals surface area contributed by atoms with Crippen LogP contribution in [0.1, 0.15) is 74.2 Å². The molecular weight excluding hydrogens is 278 g/mol. The molecular formula is C17H29N3O2. The van der Waals surface area contributed by atoms with Crippen molar-refractivity contribution in [3.63, 3.8) is 0 Å². The SMILES string of the molecule is Cc1noc(C(C)C)c1C(=O)NCCCN1CCCCC1C. The van der Waals surface area contributed by atoms with E-state index in [9.17, 15) is 4.79 Å². The van der Waals surface area contributed by atoms with Gasteiger partial charge in [0.25, 0.3) is 5.91 Å². The van der Waals surface area contributed by atoms with Crippen LogP contribution >= 0.6 is 0 Å². The molecule has 22 heavy (non-hydrogen) atoms. The van der Waals surface area contributed by atoms with E-state index in [0.29, 0.717) is 29.6 Å². The standard InChI is InChI=1S/C17H29N3O2/c1-12(2)16-15(14(4)19-22-16)17(21)18-9-7-11-20-10-6-5-8-13(20)3/h12-13H,5-11H2,1-4H3,(H,18,21). The number of carbonyl (C=O) groups excluding carboxylic acids is 1. The lowest BCUT2D eigenvalue weighted by molar-refractivity contribution is 0.0946. The summed E-state index contributed by atoms with van der Waals surface area (Å²) < 4.78 is 5.27. The van der Waals surface area contributed by atoms with Gasteiger partial charge in [-0.25, -0.2) is 0 Å². The third kappa shape index (κ3) is 4.09. The average Bonchev–Trinajstić information content (AvgIpc) is 2.87. The minimum absolute atomic E-state index is 0.0610. The van der Waals surface area contributed by atoms with E-state index in [-0.39, 0.29) is 11.8 Å². The highest BCUT2D eigenvalue weighted by Crippen LogP contribution is 2.22. The van der Waals surface area contributed by atoms with Crippen molar-refractivity contribution in [2.75, 3.05) is 19.6 Å². The Morgan fingerprint density at radius 2 is 2.23 bits per heavy atom. The number of amides is 1. The Balaban J connectivity index is 1.79. The lowest BCUT2D eigenvalue weighted by atomic mass is 10.0. The number of rotatable bonds is 6. The van der Waals surface area contributed by atoms with Gasteiger partial charge in [-0.05, 0) is 39.7 Å². The normalized spacial score (nSPS) is 19.6. The van der Waals surface area contributed by atoms with E-state index < -0.39 is 0 Å². The molecule has 1 aromatic rings. The Morgan fingerprint density at radius 3 is 2.91 bits per heavy atom. The minimum atomic E-state index is -0.0610. The number of nitrogens with one attached hydrogen (secondary N) is 1. The van der Waals surface area contributed by atoms with Crippen LogP contribution in [0.4, 0.5) is 0 Å². The molecule has 0 saturated carbocycles. The maximum absolute atomic E-state index is 12.3. The lowest BCUT2D eigenvalue weighted by Gasteiger charge is -2.33. The fourth-order valence-corrected chi connectivity index (χ4v) is 3.12. The van der Waals surface area contributed by atoms with Gasteiger partial charge in [-0.3, -0.25) is 4.79 Å². The summed E-state index contributed by atoms with van der Waals surface area (Å²) in [5.74, 6) is 0.782. The molecule has 1 amide bonds. The summed E-state index contributed by atoms with van der Waals surface area (Å²) in [6.07, 6.45) is 4.93. The number of aryl methyl sites for hydroxylation is 1. The molecule has 5 nitrogen and oxygen atoms in total. The maximum atomic E-state index is 12.3. The molecule has 0 spiro atoms. The molecule has 124 valence electrons. The van der Waals surface area contributed by atoms with Gasteiger partial charge in [0.15, 0.2) is 5.76 Å². The second-order valence-corrected chi connectivity index (χ2v) is 6.65. The van der Waals surface area contributed by atoms with Crippen molar-refractivity contribution in [2.24, 2.45) is 0 Å². The van der Waals surface area contributed by atoms with E-state index >= 15 is 0 Å². The Bertz CT molecular complexity index is 496. The Labute approximate surface area is 133 Å².